The highest BCUT2D eigenvalue weighted by atomic mass is 35.5. The molecule has 0 aliphatic heterocycles. The van der Waals surface area contributed by atoms with Crippen LogP contribution in [-0.4, -0.2) is 11.2 Å². The summed E-state index contributed by atoms with van der Waals surface area (Å²) < 4.78 is 18.2. The van der Waals surface area contributed by atoms with Crippen molar-refractivity contribution in [3.8, 4) is 5.75 Å². The fraction of sp³-hybridized carbons (Fsp3) is 0.0769. The molecule has 0 saturated heterocycles. The summed E-state index contributed by atoms with van der Waals surface area (Å²) in [7, 11) is 0. The van der Waals surface area contributed by atoms with Crippen LogP contribution in [0, 0.1) is 5.82 Å². The Bertz CT molecular complexity index is 602. The van der Waals surface area contributed by atoms with Gasteiger partial charge in [0.25, 0.3) is 0 Å². The zero-order valence-corrected chi connectivity index (χ0v) is 10.7. The first kappa shape index (κ1) is 13.3. The maximum atomic E-state index is 12.7. The maximum absolute atomic E-state index is 12.7. The van der Waals surface area contributed by atoms with Gasteiger partial charge in [-0.15, -0.1) is 0 Å². The van der Waals surface area contributed by atoms with Gasteiger partial charge in [-0.1, -0.05) is 11.6 Å². The van der Waals surface area contributed by atoms with Crippen LogP contribution in [0.2, 0.25) is 5.02 Å². The molecule has 0 saturated carbocycles. The first-order chi connectivity index (χ1) is 9.10. The predicted molar refractivity (Wildman–Crippen MR) is 71.5 cm³/mol. The van der Waals surface area contributed by atoms with Gasteiger partial charge < -0.3 is 10.5 Å². The predicted octanol–water partition coefficient (Wildman–Crippen LogP) is 1.21. The highest BCUT2D eigenvalue weighted by molar-refractivity contribution is 6.32. The van der Waals surface area contributed by atoms with Crippen molar-refractivity contribution in [1.82, 2.24) is 4.98 Å². The maximum Gasteiger partial charge on any atom is 0.169 e. The fourth-order valence-corrected chi connectivity index (χ4v) is 1.71. The number of nitrogens with zero attached hydrogens (tertiary/aromatic N) is 1. The molecule has 4 nitrogen and oxygen atoms in total. The summed E-state index contributed by atoms with van der Waals surface area (Å²) >= 11 is 6.04. The summed E-state index contributed by atoms with van der Waals surface area (Å²) in [6.07, 6.45) is 2.49. The zero-order chi connectivity index (χ0) is 13.8. The number of nitrogen functional groups attached to an aromatic ring is 1. The number of anilines is 1. The van der Waals surface area contributed by atoms with Gasteiger partial charge >= 0.3 is 0 Å². The first-order valence-corrected chi connectivity index (χ1v) is 5.85. The van der Waals surface area contributed by atoms with Crippen molar-refractivity contribution in [3.05, 3.63) is 52.6 Å². The third-order valence-electron chi connectivity index (χ3n) is 2.48. The lowest BCUT2D eigenvalue weighted by Crippen LogP contribution is -2.30. The number of halogens is 2. The second kappa shape index (κ2) is 5.67. The molecule has 0 aliphatic carbocycles. The summed E-state index contributed by atoms with van der Waals surface area (Å²) in [5.74, 6) is 0.0322. The average Bonchev–Trinajstić information content (AvgIpc) is 2.41. The molecule has 6 heteroatoms. The Morgan fingerprint density at radius 2 is 2.21 bits per heavy atom. The van der Waals surface area contributed by atoms with Gasteiger partial charge in [-0.3, -0.25) is 10.4 Å². The topological polar surface area (TPSA) is 73.7 Å². The number of aromatic nitrogens is 1. The third kappa shape index (κ3) is 3.20. The van der Waals surface area contributed by atoms with Crippen LogP contribution >= 0.6 is 11.6 Å². The highest BCUT2D eigenvalue weighted by Gasteiger charge is 2.08. The Morgan fingerprint density at radius 1 is 1.42 bits per heavy atom. The van der Waals surface area contributed by atoms with E-state index in [1.165, 1.54) is 18.3 Å². The molecule has 19 heavy (non-hydrogen) atoms. The molecule has 0 unspecified atom stereocenters. The molecule has 4 N–H and O–H groups in total. The molecule has 0 amide bonds. The SMILES string of the molecule is Nc1cc(OCc2ccc(F)cn2)c(Cl)cc1C=[NH2+]. The van der Waals surface area contributed by atoms with Crippen molar-refractivity contribution in [2.75, 3.05) is 5.73 Å². The van der Waals surface area contributed by atoms with Crippen molar-refractivity contribution < 1.29 is 14.5 Å². The second-order valence-electron chi connectivity index (χ2n) is 3.83. The minimum Gasteiger partial charge on any atom is -0.486 e. The molecule has 0 aliphatic rings. The highest BCUT2D eigenvalue weighted by Crippen LogP contribution is 2.29. The van der Waals surface area contributed by atoms with Crippen molar-refractivity contribution in [3.63, 3.8) is 0 Å². The number of ether oxygens (including phenoxy) is 1. The van der Waals surface area contributed by atoms with E-state index in [4.69, 9.17) is 27.5 Å². The monoisotopic (exact) mass is 280 g/mol. The lowest BCUT2D eigenvalue weighted by molar-refractivity contribution is -0.104. The number of rotatable bonds is 4. The number of pyridine rings is 1. The van der Waals surface area contributed by atoms with Crippen LogP contribution in [0.3, 0.4) is 0 Å². The summed E-state index contributed by atoms with van der Waals surface area (Å²) in [4.78, 5) is 3.88. The van der Waals surface area contributed by atoms with Crippen LogP contribution in [0.15, 0.2) is 30.5 Å². The fourth-order valence-electron chi connectivity index (χ4n) is 1.48. The second-order valence-corrected chi connectivity index (χ2v) is 4.24. The van der Waals surface area contributed by atoms with Gasteiger partial charge in [-0.05, 0) is 18.2 Å². The Morgan fingerprint density at radius 3 is 2.84 bits per heavy atom. The van der Waals surface area contributed by atoms with Gasteiger partial charge in [-0.2, -0.15) is 0 Å². The van der Waals surface area contributed by atoms with Gasteiger partial charge in [-0.25, -0.2) is 4.39 Å². The van der Waals surface area contributed by atoms with E-state index < -0.39 is 5.82 Å². The molecule has 0 atom stereocenters. The molecular formula is C13H12ClFN3O+. The van der Waals surface area contributed by atoms with Crippen LogP contribution in [0.1, 0.15) is 11.3 Å². The number of hydrogen-bond acceptors (Lipinski definition) is 3. The summed E-state index contributed by atoms with van der Waals surface area (Å²) in [6.45, 7) is 0.172. The molecule has 98 valence electrons. The van der Waals surface area contributed by atoms with Gasteiger partial charge in [0.15, 0.2) is 6.21 Å². The molecular weight excluding hydrogens is 269 g/mol. The molecule has 1 heterocycles. The molecule has 2 rings (SSSR count). The van der Waals surface area contributed by atoms with Gasteiger partial charge in [0.05, 0.1) is 22.5 Å². The van der Waals surface area contributed by atoms with E-state index in [2.05, 4.69) is 4.98 Å². The van der Waals surface area contributed by atoms with Crippen LogP contribution in [0.5, 0.6) is 5.75 Å². The van der Waals surface area contributed by atoms with Crippen molar-refractivity contribution in [2.45, 2.75) is 6.61 Å². The first-order valence-electron chi connectivity index (χ1n) is 5.47. The average molecular weight is 281 g/mol. The third-order valence-corrected chi connectivity index (χ3v) is 2.78. The number of benzene rings is 1. The Hall–Kier alpha value is -2.14. The summed E-state index contributed by atoms with van der Waals surface area (Å²) in [5, 5.41) is 5.80. The smallest absolute Gasteiger partial charge is 0.169 e. The normalized spacial score (nSPS) is 10.2. The Labute approximate surface area is 114 Å². The summed E-state index contributed by atoms with van der Waals surface area (Å²) in [6, 6.07) is 6.05. The van der Waals surface area contributed by atoms with E-state index in [0.29, 0.717) is 27.7 Å². The van der Waals surface area contributed by atoms with E-state index in [-0.39, 0.29) is 6.61 Å². The van der Waals surface area contributed by atoms with Gasteiger partial charge in [0.2, 0.25) is 0 Å². The molecule has 0 radical (unpaired) electrons. The van der Waals surface area contributed by atoms with Crippen LogP contribution in [0.25, 0.3) is 0 Å². The Balaban J connectivity index is 2.13. The van der Waals surface area contributed by atoms with E-state index in [1.807, 2.05) is 0 Å². The van der Waals surface area contributed by atoms with Crippen molar-refractivity contribution >= 4 is 23.5 Å². The molecule has 0 fully saturated rings. The molecule has 1 aromatic heterocycles. The lowest BCUT2D eigenvalue weighted by atomic mass is 10.2. The van der Waals surface area contributed by atoms with Gasteiger partial charge in [0, 0.05) is 11.8 Å². The van der Waals surface area contributed by atoms with Gasteiger partial charge in [0.1, 0.15) is 18.2 Å². The quantitative estimate of drug-likeness (QED) is 0.653. The van der Waals surface area contributed by atoms with Crippen LogP contribution in [-0.2, 0) is 6.61 Å². The van der Waals surface area contributed by atoms with E-state index in [9.17, 15) is 4.39 Å². The van der Waals surface area contributed by atoms with Crippen LogP contribution in [0.4, 0.5) is 10.1 Å². The standard InChI is InChI=1S/C13H11ClFN3O/c14-11-3-8(5-16)12(17)4-13(11)19-7-10-2-1-9(15)6-18-10/h1-6,16H,7,17H2/p+1. The number of nitrogens with two attached hydrogens (primary N) is 2. The van der Waals surface area contributed by atoms with Crippen molar-refractivity contribution in [1.29, 1.82) is 0 Å². The minimum atomic E-state index is -0.395. The van der Waals surface area contributed by atoms with Crippen molar-refractivity contribution in [2.24, 2.45) is 0 Å². The lowest BCUT2D eigenvalue weighted by Gasteiger charge is -2.09. The van der Waals surface area contributed by atoms with E-state index in [0.717, 1.165) is 6.20 Å². The van der Waals surface area contributed by atoms with E-state index >= 15 is 0 Å². The van der Waals surface area contributed by atoms with E-state index in [1.54, 1.807) is 12.1 Å². The van der Waals surface area contributed by atoms with Crippen LogP contribution < -0.4 is 15.9 Å². The summed E-state index contributed by atoms with van der Waals surface area (Å²) in [5.41, 5.74) is 7.47. The minimum absolute atomic E-state index is 0.172. The zero-order valence-electron chi connectivity index (χ0n) is 9.94. The molecule has 2 aromatic rings. The molecule has 0 spiro atoms. The largest absolute Gasteiger partial charge is 0.486 e. The molecule has 0 bridgehead atoms. The number of hydrogen-bond donors (Lipinski definition) is 2. The Kier molecular flexibility index (Phi) is 3.97. The molecule has 1 aromatic carbocycles.